The molecule has 226 valence electrons. The van der Waals surface area contributed by atoms with Gasteiger partial charge in [-0.25, -0.2) is 9.59 Å². The summed E-state index contributed by atoms with van der Waals surface area (Å²) in [5.74, 6) is 0.529. The molecule has 2 N–H and O–H groups in total. The highest BCUT2D eigenvalue weighted by atomic mass is 35.5. The highest BCUT2D eigenvalue weighted by Crippen LogP contribution is 2.27. The Balaban J connectivity index is 1.35. The zero-order valence-electron chi connectivity index (χ0n) is 23.9. The van der Waals surface area contributed by atoms with E-state index >= 15 is 0 Å². The fourth-order valence-electron chi connectivity index (χ4n) is 5.46. The predicted octanol–water partition coefficient (Wildman–Crippen LogP) is 4.54. The molecule has 0 saturated heterocycles. The number of halogens is 1. The normalized spacial score (nSPS) is 16.6. The number of alkyl carbamates (subject to hydrolysis) is 1. The van der Waals surface area contributed by atoms with Gasteiger partial charge in [0, 0.05) is 24.2 Å². The van der Waals surface area contributed by atoms with Crippen LogP contribution >= 0.6 is 11.6 Å². The Morgan fingerprint density at radius 3 is 2.67 bits per heavy atom. The van der Waals surface area contributed by atoms with Gasteiger partial charge in [-0.2, -0.15) is 0 Å². The van der Waals surface area contributed by atoms with Gasteiger partial charge in [0.2, 0.25) is 5.91 Å². The number of hydrogen-bond acceptors (Lipinski definition) is 6. The number of fused-ring (bicyclic) bond motifs is 1. The standard InChI is InChI=1S/C31H39ClN4O6/c1-35(31(40)36-14-15-41-28-13-6-5-11-24(28)18-36)19-26(20-37)33-29(38)27(17-22-8-3-2-4-9-22)34-30(39)42-21-23-10-7-12-25(32)16-23/h5-7,10-13,16,20,22,26-27H,2-4,8-9,14-15,17-19,21H2,1H3,(H,33,38)(H,34,39)/t26-,27-/m0/s1. The van der Waals surface area contributed by atoms with Gasteiger partial charge < -0.3 is 34.7 Å². The van der Waals surface area contributed by atoms with E-state index in [4.69, 9.17) is 21.1 Å². The summed E-state index contributed by atoms with van der Waals surface area (Å²) in [5.41, 5.74) is 1.62. The molecular formula is C31H39ClN4O6. The van der Waals surface area contributed by atoms with Gasteiger partial charge in [0.05, 0.1) is 13.1 Å². The summed E-state index contributed by atoms with van der Waals surface area (Å²) in [6.45, 7) is 1.09. The lowest BCUT2D eigenvalue weighted by Gasteiger charge is -2.30. The second-order valence-electron chi connectivity index (χ2n) is 10.9. The van der Waals surface area contributed by atoms with Crippen molar-refractivity contribution in [2.24, 2.45) is 5.92 Å². The van der Waals surface area contributed by atoms with Crippen LogP contribution in [0.5, 0.6) is 5.75 Å². The molecule has 2 aliphatic rings. The maximum absolute atomic E-state index is 13.4. The first-order valence-corrected chi connectivity index (χ1v) is 14.8. The molecule has 2 atom stereocenters. The van der Waals surface area contributed by atoms with Crippen molar-refractivity contribution in [3.63, 3.8) is 0 Å². The third-order valence-corrected chi connectivity index (χ3v) is 7.91. The van der Waals surface area contributed by atoms with Gasteiger partial charge in [-0.05, 0) is 36.1 Å². The summed E-state index contributed by atoms with van der Waals surface area (Å²) in [5, 5.41) is 5.96. The van der Waals surface area contributed by atoms with E-state index < -0.39 is 24.1 Å². The first-order valence-electron chi connectivity index (χ1n) is 14.5. The minimum atomic E-state index is -0.958. The van der Waals surface area contributed by atoms with Crippen LogP contribution in [0, 0.1) is 5.92 Å². The number of para-hydroxylation sites is 1. The van der Waals surface area contributed by atoms with Gasteiger partial charge in [-0.1, -0.05) is 74.0 Å². The lowest BCUT2D eigenvalue weighted by atomic mass is 9.84. The monoisotopic (exact) mass is 598 g/mol. The number of benzene rings is 2. The highest BCUT2D eigenvalue weighted by molar-refractivity contribution is 6.30. The molecule has 0 unspecified atom stereocenters. The molecule has 42 heavy (non-hydrogen) atoms. The molecule has 1 aliphatic carbocycles. The third-order valence-electron chi connectivity index (χ3n) is 7.67. The van der Waals surface area contributed by atoms with Crippen molar-refractivity contribution in [3.8, 4) is 5.75 Å². The van der Waals surface area contributed by atoms with Crippen LogP contribution in [-0.2, 0) is 27.5 Å². The molecule has 1 saturated carbocycles. The summed E-state index contributed by atoms with van der Waals surface area (Å²) in [6, 6.07) is 12.4. The van der Waals surface area contributed by atoms with E-state index in [9.17, 15) is 19.2 Å². The quantitative estimate of drug-likeness (QED) is 0.388. The molecule has 1 fully saturated rings. The second kappa shape index (κ2) is 15.4. The van der Waals surface area contributed by atoms with Crippen molar-refractivity contribution in [3.05, 3.63) is 64.7 Å². The van der Waals surface area contributed by atoms with E-state index in [0.29, 0.717) is 37.4 Å². The van der Waals surface area contributed by atoms with Crippen molar-refractivity contribution < 1.29 is 28.7 Å². The van der Waals surface area contributed by atoms with E-state index in [0.717, 1.165) is 49.0 Å². The highest BCUT2D eigenvalue weighted by Gasteiger charge is 2.30. The zero-order valence-corrected chi connectivity index (χ0v) is 24.7. The van der Waals surface area contributed by atoms with E-state index in [1.807, 2.05) is 24.3 Å². The van der Waals surface area contributed by atoms with Crippen molar-refractivity contribution in [2.45, 2.75) is 63.8 Å². The number of nitrogens with zero attached hydrogens (tertiary/aromatic N) is 2. The predicted molar refractivity (Wildman–Crippen MR) is 158 cm³/mol. The van der Waals surface area contributed by atoms with E-state index in [1.165, 1.54) is 4.90 Å². The van der Waals surface area contributed by atoms with Crippen LogP contribution in [0.15, 0.2) is 48.5 Å². The molecule has 1 heterocycles. The Hall–Kier alpha value is -3.79. The van der Waals surface area contributed by atoms with Gasteiger partial charge in [-0.3, -0.25) is 4.79 Å². The number of hydrogen-bond donors (Lipinski definition) is 2. The topological polar surface area (TPSA) is 117 Å². The third kappa shape index (κ3) is 9.11. The van der Waals surface area contributed by atoms with Crippen LogP contribution in [0.3, 0.4) is 0 Å². The van der Waals surface area contributed by atoms with Gasteiger partial charge in [-0.15, -0.1) is 0 Å². The van der Waals surface area contributed by atoms with Gasteiger partial charge in [0.15, 0.2) is 0 Å². The summed E-state index contributed by atoms with van der Waals surface area (Å²) >= 11 is 6.01. The van der Waals surface area contributed by atoms with Crippen LogP contribution in [0.2, 0.25) is 5.02 Å². The fourth-order valence-corrected chi connectivity index (χ4v) is 5.67. The summed E-state index contributed by atoms with van der Waals surface area (Å²) in [6.07, 6.45) is 5.57. The number of carbonyl (C=O) groups excluding carboxylic acids is 4. The Kier molecular flexibility index (Phi) is 11.5. The van der Waals surface area contributed by atoms with E-state index in [1.54, 1.807) is 36.2 Å². The molecule has 1 aliphatic heterocycles. The Morgan fingerprint density at radius 2 is 1.90 bits per heavy atom. The minimum Gasteiger partial charge on any atom is -0.491 e. The molecule has 10 nitrogen and oxygen atoms in total. The van der Waals surface area contributed by atoms with Crippen molar-refractivity contribution in [1.29, 1.82) is 0 Å². The Bertz CT molecular complexity index is 1240. The first-order chi connectivity index (χ1) is 20.3. The molecule has 0 spiro atoms. The van der Waals surface area contributed by atoms with Crippen LogP contribution < -0.4 is 15.4 Å². The van der Waals surface area contributed by atoms with Crippen LogP contribution in [0.4, 0.5) is 9.59 Å². The van der Waals surface area contributed by atoms with Gasteiger partial charge in [0.25, 0.3) is 0 Å². The molecule has 4 amide bonds. The van der Waals surface area contributed by atoms with Crippen molar-refractivity contribution in [1.82, 2.24) is 20.4 Å². The molecule has 0 bridgehead atoms. The number of ether oxygens (including phenoxy) is 2. The zero-order chi connectivity index (χ0) is 29.9. The molecular weight excluding hydrogens is 560 g/mol. The van der Waals surface area contributed by atoms with Crippen molar-refractivity contribution in [2.75, 3.05) is 26.7 Å². The number of urea groups is 1. The van der Waals surface area contributed by atoms with E-state index in [2.05, 4.69) is 10.6 Å². The van der Waals surface area contributed by atoms with Crippen LogP contribution in [0.25, 0.3) is 0 Å². The number of rotatable bonds is 10. The Labute approximate surface area is 251 Å². The smallest absolute Gasteiger partial charge is 0.408 e. The maximum Gasteiger partial charge on any atom is 0.408 e. The lowest BCUT2D eigenvalue weighted by molar-refractivity contribution is -0.126. The first kappa shape index (κ1) is 31.2. The van der Waals surface area contributed by atoms with Crippen LogP contribution in [0.1, 0.15) is 49.7 Å². The minimum absolute atomic E-state index is 0.0000444. The molecule has 2 aromatic carbocycles. The summed E-state index contributed by atoms with van der Waals surface area (Å²) < 4.78 is 11.1. The average molecular weight is 599 g/mol. The Morgan fingerprint density at radius 1 is 1.12 bits per heavy atom. The van der Waals surface area contributed by atoms with Crippen LogP contribution in [-0.4, -0.2) is 72.9 Å². The molecule has 0 radical (unpaired) electrons. The number of carbonyl (C=O) groups is 4. The molecule has 0 aromatic heterocycles. The average Bonchev–Trinajstić information content (AvgIpc) is 3.22. The molecule has 11 heteroatoms. The number of nitrogens with one attached hydrogen (secondary N) is 2. The molecule has 2 aromatic rings. The molecule has 4 rings (SSSR count). The number of likely N-dealkylation sites (N-methyl/N-ethyl adjacent to an activating group) is 1. The van der Waals surface area contributed by atoms with Gasteiger partial charge >= 0.3 is 12.1 Å². The number of aldehydes is 1. The van der Waals surface area contributed by atoms with Gasteiger partial charge in [0.1, 0.15) is 37.3 Å². The largest absolute Gasteiger partial charge is 0.491 e. The van der Waals surface area contributed by atoms with E-state index in [-0.39, 0.29) is 25.1 Å². The maximum atomic E-state index is 13.4. The second-order valence-corrected chi connectivity index (χ2v) is 11.4. The van der Waals surface area contributed by atoms with Crippen molar-refractivity contribution >= 4 is 35.9 Å². The lowest BCUT2D eigenvalue weighted by Crippen LogP contribution is -2.54. The SMILES string of the molecule is CN(C[C@@H](C=O)NC(=O)[C@H](CC1CCCCC1)NC(=O)OCc1cccc(Cl)c1)C(=O)N1CCOc2ccccc2C1. The summed E-state index contributed by atoms with van der Waals surface area (Å²) in [4.78, 5) is 54.4. The summed E-state index contributed by atoms with van der Waals surface area (Å²) in [7, 11) is 1.59. The number of amides is 4. The fraction of sp³-hybridized carbons (Fsp3) is 0.484.